The van der Waals surface area contributed by atoms with Gasteiger partial charge < -0.3 is 9.88 Å². The van der Waals surface area contributed by atoms with Crippen LogP contribution in [0.5, 0.6) is 0 Å². The molecule has 0 saturated carbocycles. The lowest BCUT2D eigenvalue weighted by Gasteiger charge is -2.14. The molecule has 19 heavy (non-hydrogen) atoms. The molecule has 0 aliphatic carbocycles. The monoisotopic (exact) mass is 295 g/mol. The first-order valence-corrected chi connectivity index (χ1v) is 7.94. The first kappa shape index (κ1) is 14.3. The SMILES string of the molecule is CCSCCCNc1cccc(Cl)c1-n1ccnc1. The first-order chi connectivity index (χ1) is 9.33. The molecule has 1 heterocycles. The van der Waals surface area contributed by atoms with Gasteiger partial charge in [0, 0.05) is 18.9 Å². The highest BCUT2D eigenvalue weighted by Gasteiger charge is 2.08. The number of halogens is 1. The minimum Gasteiger partial charge on any atom is -0.383 e. The Kier molecular flexibility index (Phi) is 5.61. The van der Waals surface area contributed by atoms with Crippen LogP contribution in [0.25, 0.3) is 5.69 Å². The zero-order chi connectivity index (χ0) is 13.5. The summed E-state index contributed by atoms with van der Waals surface area (Å²) in [7, 11) is 0. The Balaban J connectivity index is 2.06. The van der Waals surface area contributed by atoms with E-state index in [4.69, 9.17) is 11.6 Å². The van der Waals surface area contributed by atoms with E-state index in [1.54, 1.807) is 12.5 Å². The number of benzene rings is 1. The molecule has 0 fully saturated rings. The van der Waals surface area contributed by atoms with Crippen molar-refractivity contribution in [2.75, 3.05) is 23.4 Å². The fourth-order valence-electron chi connectivity index (χ4n) is 1.85. The van der Waals surface area contributed by atoms with Gasteiger partial charge in [-0.2, -0.15) is 11.8 Å². The average molecular weight is 296 g/mol. The Morgan fingerprint density at radius 3 is 3.05 bits per heavy atom. The van der Waals surface area contributed by atoms with Crippen molar-refractivity contribution < 1.29 is 0 Å². The molecule has 0 amide bonds. The number of hydrogen-bond acceptors (Lipinski definition) is 3. The van der Waals surface area contributed by atoms with Gasteiger partial charge in [0.15, 0.2) is 0 Å². The van der Waals surface area contributed by atoms with E-state index in [9.17, 15) is 0 Å². The Hall–Kier alpha value is -1.13. The summed E-state index contributed by atoms with van der Waals surface area (Å²) in [5, 5.41) is 4.18. The van der Waals surface area contributed by atoms with Gasteiger partial charge in [0.05, 0.1) is 22.7 Å². The molecule has 0 aliphatic rings. The highest BCUT2D eigenvalue weighted by atomic mass is 35.5. The van der Waals surface area contributed by atoms with Crippen LogP contribution in [0.4, 0.5) is 5.69 Å². The van der Waals surface area contributed by atoms with Gasteiger partial charge in [0.25, 0.3) is 0 Å². The molecule has 0 bridgehead atoms. The van der Waals surface area contributed by atoms with Crippen LogP contribution in [0, 0.1) is 0 Å². The summed E-state index contributed by atoms with van der Waals surface area (Å²) in [6, 6.07) is 5.91. The number of aromatic nitrogens is 2. The third kappa shape index (κ3) is 3.91. The molecule has 0 atom stereocenters. The van der Waals surface area contributed by atoms with Crippen molar-refractivity contribution in [1.29, 1.82) is 0 Å². The lowest BCUT2D eigenvalue weighted by atomic mass is 10.2. The lowest BCUT2D eigenvalue weighted by Crippen LogP contribution is -2.06. The molecule has 3 nitrogen and oxygen atoms in total. The van der Waals surface area contributed by atoms with Crippen LogP contribution in [0.3, 0.4) is 0 Å². The number of anilines is 1. The molecule has 1 N–H and O–H groups in total. The third-order valence-corrected chi connectivity index (χ3v) is 4.03. The van der Waals surface area contributed by atoms with Crippen LogP contribution in [0.15, 0.2) is 36.9 Å². The Morgan fingerprint density at radius 2 is 2.32 bits per heavy atom. The molecule has 1 aromatic heterocycles. The predicted octanol–water partition coefficient (Wildman–Crippen LogP) is 4.08. The number of nitrogens with zero attached hydrogens (tertiary/aromatic N) is 2. The lowest BCUT2D eigenvalue weighted by molar-refractivity contribution is 0.980. The van der Waals surface area contributed by atoms with Gasteiger partial charge in [-0.25, -0.2) is 4.98 Å². The van der Waals surface area contributed by atoms with Crippen LogP contribution >= 0.6 is 23.4 Å². The number of para-hydroxylation sites is 1. The van der Waals surface area contributed by atoms with Crippen LogP contribution in [-0.4, -0.2) is 27.6 Å². The van der Waals surface area contributed by atoms with Crippen LogP contribution in [0.1, 0.15) is 13.3 Å². The number of hydrogen-bond donors (Lipinski definition) is 1. The van der Waals surface area contributed by atoms with Gasteiger partial charge in [-0.3, -0.25) is 0 Å². The number of nitrogens with one attached hydrogen (secondary N) is 1. The van der Waals surface area contributed by atoms with E-state index >= 15 is 0 Å². The Morgan fingerprint density at radius 1 is 1.42 bits per heavy atom. The second kappa shape index (κ2) is 7.46. The minimum atomic E-state index is 0.728. The third-order valence-electron chi connectivity index (χ3n) is 2.73. The summed E-state index contributed by atoms with van der Waals surface area (Å²) in [5.74, 6) is 2.36. The summed E-state index contributed by atoms with van der Waals surface area (Å²) in [5.41, 5.74) is 2.01. The summed E-state index contributed by atoms with van der Waals surface area (Å²) < 4.78 is 1.94. The van der Waals surface area contributed by atoms with Crippen molar-refractivity contribution in [3.05, 3.63) is 41.9 Å². The first-order valence-electron chi connectivity index (χ1n) is 6.41. The molecule has 0 unspecified atom stereocenters. The largest absolute Gasteiger partial charge is 0.383 e. The fraction of sp³-hybridized carbons (Fsp3) is 0.357. The topological polar surface area (TPSA) is 29.9 Å². The Labute approximate surface area is 123 Å². The van der Waals surface area contributed by atoms with Gasteiger partial charge in [-0.1, -0.05) is 24.6 Å². The second-order valence-electron chi connectivity index (χ2n) is 4.08. The van der Waals surface area contributed by atoms with Gasteiger partial charge in [0.2, 0.25) is 0 Å². The predicted molar refractivity (Wildman–Crippen MR) is 84.7 cm³/mol. The summed E-state index contributed by atoms with van der Waals surface area (Å²) in [6.07, 6.45) is 6.57. The normalized spacial score (nSPS) is 10.6. The van der Waals surface area contributed by atoms with Crippen LogP contribution < -0.4 is 5.32 Å². The molecule has 2 rings (SSSR count). The van der Waals surface area contributed by atoms with Crippen molar-refractivity contribution in [2.24, 2.45) is 0 Å². The molecular weight excluding hydrogens is 278 g/mol. The highest BCUT2D eigenvalue weighted by Crippen LogP contribution is 2.28. The van der Waals surface area contributed by atoms with Gasteiger partial charge >= 0.3 is 0 Å². The van der Waals surface area contributed by atoms with E-state index < -0.39 is 0 Å². The summed E-state index contributed by atoms with van der Waals surface area (Å²) in [4.78, 5) is 4.07. The fourth-order valence-corrected chi connectivity index (χ4v) is 2.76. The smallest absolute Gasteiger partial charge is 0.0992 e. The molecule has 0 saturated heterocycles. The molecular formula is C14H18ClN3S. The van der Waals surface area contributed by atoms with E-state index in [0.29, 0.717) is 0 Å². The van der Waals surface area contributed by atoms with Gasteiger partial charge in [-0.05, 0) is 30.1 Å². The van der Waals surface area contributed by atoms with Gasteiger partial charge in [-0.15, -0.1) is 0 Å². The molecule has 0 radical (unpaired) electrons. The van der Waals surface area contributed by atoms with Crippen LogP contribution in [-0.2, 0) is 0 Å². The quantitative estimate of drug-likeness (QED) is 0.781. The van der Waals surface area contributed by atoms with Crippen molar-refractivity contribution in [3.8, 4) is 5.69 Å². The molecule has 102 valence electrons. The maximum atomic E-state index is 6.29. The minimum absolute atomic E-state index is 0.728. The zero-order valence-corrected chi connectivity index (χ0v) is 12.5. The molecule has 1 aromatic carbocycles. The van der Waals surface area contributed by atoms with Crippen molar-refractivity contribution in [3.63, 3.8) is 0 Å². The van der Waals surface area contributed by atoms with Gasteiger partial charge in [0.1, 0.15) is 0 Å². The molecule has 0 spiro atoms. The van der Waals surface area contributed by atoms with E-state index in [1.165, 1.54) is 11.5 Å². The number of imidazole rings is 1. The number of thioether (sulfide) groups is 1. The summed E-state index contributed by atoms with van der Waals surface area (Å²) in [6.45, 7) is 3.14. The highest BCUT2D eigenvalue weighted by molar-refractivity contribution is 7.99. The van der Waals surface area contributed by atoms with Crippen LogP contribution in [0.2, 0.25) is 5.02 Å². The molecule has 5 heteroatoms. The van der Waals surface area contributed by atoms with E-state index in [0.717, 1.165) is 29.4 Å². The Bertz CT molecular complexity index is 499. The standard InChI is InChI=1S/C14H18ClN3S/c1-2-19-10-4-7-17-13-6-3-5-12(15)14(13)18-9-8-16-11-18/h3,5-6,8-9,11,17H,2,4,7,10H2,1H3. The van der Waals surface area contributed by atoms with Crippen molar-refractivity contribution in [1.82, 2.24) is 9.55 Å². The van der Waals surface area contributed by atoms with E-state index in [-0.39, 0.29) is 0 Å². The van der Waals surface area contributed by atoms with Crippen molar-refractivity contribution >= 4 is 29.1 Å². The molecule has 0 aliphatic heterocycles. The van der Waals surface area contributed by atoms with E-state index in [1.807, 2.05) is 40.7 Å². The van der Waals surface area contributed by atoms with E-state index in [2.05, 4.69) is 17.2 Å². The average Bonchev–Trinajstić information content (AvgIpc) is 2.92. The summed E-state index contributed by atoms with van der Waals surface area (Å²) >= 11 is 8.26. The zero-order valence-electron chi connectivity index (χ0n) is 11.0. The second-order valence-corrected chi connectivity index (χ2v) is 5.88. The maximum absolute atomic E-state index is 6.29. The number of rotatable bonds is 7. The maximum Gasteiger partial charge on any atom is 0.0992 e. The van der Waals surface area contributed by atoms with Crippen molar-refractivity contribution in [2.45, 2.75) is 13.3 Å². The molecule has 2 aromatic rings.